The Morgan fingerprint density at radius 3 is 2.42 bits per heavy atom. The Bertz CT molecular complexity index is 875. The maximum Gasteiger partial charge on any atom is 0.490 e. The van der Waals surface area contributed by atoms with E-state index >= 15 is 0 Å². The molecule has 0 aromatic heterocycles. The molecule has 0 unspecified atom stereocenters. The number of amides is 1. The number of nitrogens with zero attached hydrogens (tertiary/aromatic N) is 3. The van der Waals surface area contributed by atoms with Crippen LogP contribution in [0.4, 0.5) is 13.2 Å². The number of aliphatic carboxylic acids is 1. The molecule has 6 nitrogen and oxygen atoms in total. The lowest BCUT2D eigenvalue weighted by molar-refractivity contribution is -0.192. The standard InChI is InChI=1S/C19H24ClN3O.C2HF3O2/c1-3-23-13(2)21-19(18(23)24)9-8-15-11-22(12-17(15)19)10-14-4-6-16(20)7-5-14;3-2(4,5)1(6)7/h4-7,15,17H,3,8-12H2,1-2H3;(H,6,7)/t15-,17+,19-;/m1./s1. The first-order valence-electron chi connectivity index (χ1n) is 10.1. The van der Waals surface area contributed by atoms with Gasteiger partial charge in [0.2, 0.25) is 0 Å². The molecule has 2 heterocycles. The lowest BCUT2D eigenvalue weighted by atomic mass is 9.85. The van der Waals surface area contributed by atoms with Crippen LogP contribution < -0.4 is 0 Å². The van der Waals surface area contributed by atoms with Crippen LogP contribution in [-0.2, 0) is 16.1 Å². The summed E-state index contributed by atoms with van der Waals surface area (Å²) < 4.78 is 31.7. The monoisotopic (exact) mass is 459 g/mol. The minimum Gasteiger partial charge on any atom is -0.475 e. The number of halogens is 4. The average Bonchev–Trinajstić information content (AvgIpc) is 3.31. The van der Waals surface area contributed by atoms with Gasteiger partial charge in [0, 0.05) is 37.1 Å². The second-order valence-corrected chi connectivity index (χ2v) is 8.60. The molecule has 1 amide bonds. The summed E-state index contributed by atoms with van der Waals surface area (Å²) in [6, 6.07) is 8.08. The van der Waals surface area contributed by atoms with Gasteiger partial charge in [-0.05, 0) is 50.3 Å². The van der Waals surface area contributed by atoms with Crippen LogP contribution in [0.1, 0.15) is 32.3 Å². The molecule has 1 aromatic carbocycles. The third-order valence-corrected chi connectivity index (χ3v) is 6.52. The molecule has 0 bridgehead atoms. The number of alkyl halides is 3. The number of amidine groups is 1. The fraction of sp³-hybridized carbons (Fsp3) is 0.571. The molecule has 31 heavy (non-hydrogen) atoms. The van der Waals surface area contributed by atoms with Crippen molar-refractivity contribution in [2.45, 2.75) is 44.9 Å². The molecule has 2 aliphatic heterocycles. The van der Waals surface area contributed by atoms with Crippen LogP contribution in [-0.4, -0.2) is 64.0 Å². The summed E-state index contributed by atoms with van der Waals surface area (Å²) in [4.78, 5) is 31.1. The molecule has 1 aromatic rings. The van der Waals surface area contributed by atoms with E-state index in [0.29, 0.717) is 11.8 Å². The lowest BCUT2D eigenvalue weighted by Crippen LogP contribution is -2.46. The van der Waals surface area contributed by atoms with Gasteiger partial charge in [0.1, 0.15) is 11.4 Å². The van der Waals surface area contributed by atoms with Gasteiger partial charge in [0.15, 0.2) is 0 Å². The van der Waals surface area contributed by atoms with Crippen molar-refractivity contribution in [1.29, 1.82) is 0 Å². The summed E-state index contributed by atoms with van der Waals surface area (Å²) >= 11 is 5.97. The van der Waals surface area contributed by atoms with Crippen molar-refractivity contribution in [2.24, 2.45) is 16.8 Å². The Morgan fingerprint density at radius 1 is 1.29 bits per heavy atom. The number of carbonyl (C=O) groups is 2. The molecule has 1 N–H and O–H groups in total. The molecule has 1 spiro atoms. The molecule has 3 atom stereocenters. The van der Waals surface area contributed by atoms with E-state index in [0.717, 1.165) is 49.9 Å². The molecule has 1 saturated heterocycles. The molecular weight excluding hydrogens is 435 g/mol. The summed E-state index contributed by atoms with van der Waals surface area (Å²) in [5.41, 5.74) is 0.806. The van der Waals surface area contributed by atoms with Crippen molar-refractivity contribution in [3.63, 3.8) is 0 Å². The minimum absolute atomic E-state index is 0.239. The van der Waals surface area contributed by atoms with Crippen LogP contribution >= 0.6 is 11.6 Å². The molecular formula is C21H25ClF3N3O3. The Hall–Kier alpha value is -2.13. The Balaban J connectivity index is 0.000000339. The normalized spacial score (nSPS) is 27.9. The predicted molar refractivity (Wildman–Crippen MR) is 110 cm³/mol. The number of likely N-dealkylation sites (N-methyl/N-ethyl adjacent to an activating group) is 1. The summed E-state index contributed by atoms with van der Waals surface area (Å²) in [5, 5.41) is 7.90. The molecule has 10 heteroatoms. The smallest absolute Gasteiger partial charge is 0.475 e. The second-order valence-electron chi connectivity index (χ2n) is 8.16. The maximum atomic E-state index is 13.0. The highest BCUT2D eigenvalue weighted by Gasteiger charge is 2.60. The molecule has 170 valence electrons. The van der Waals surface area contributed by atoms with Crippen molar-refractivity contribution < 1.29 is 27.9 Å². The topological polar surface area (TPSA) is 73.2 Å². The van der Waals surface area contributed by atoms with Crippen LogP contribution in [0.2, 0.25) is 5.02 Å². The SMILES string of the molecule is CCN1C(=O)[C@]2(CC[C@@H]3CN(Cc4ccc(Cl)cc4)C[C@@H]32)N=C1C.O=C(O)C(F)(F)F. The highest BCUT2D eigenvalue weighted by Crippen LogP contribution is 2.50. The molecule has 1 saturated carbocycles. The molecule has 4 rings (SSSR count). The average molecular weight is 460 g/mol. The number of rotatable bonds is 3. The lowest BCUT2D eigenvalue weighted by Gasteiger charge is -2.28. The molecule has 2 fully saturated rings. The number of hydrogen-bond acceptors (Lipinski definition) is 4. The van der Waals surface area contributed by atoms with Crippen LogP contribution in [0.3, 0.4) is 0 Å². The number of carboxylic acids is 1. The quantitative estimate of drug-likeness (QED) is 0.745. The predicted octanol–water partition coefficient (Wildman–Crippen LogP) is 3.83. The number of fused-ring (bicyclic) bond motifs is 2. The van der Waals surface area contributed by atoms with Gasteiger partial charge in [-0.15, -0.1) is 0 Å². The van der Waals surface area contributed by atoms with Crippen LogP contribution in [0.5, 0.6) is 0 Å². The fourth-order valence-corrected chi connectivity index (χ4v) is 5.04. The minimum atomic E-state index is -5.08. The summed E-state index contributed by atoms with van der Waals surface area (Å²) in [6.07, 6.45) is -3.05. The van der Waals surface area contributed by atoms with E-state index in [1.807, 2.05) is 30.9 Å². The maximum absolute atomic E-state index is 13.0. The van der Waals surface area contributed by atoms with Crippen LogP contribution in [0.25, 0.3) is 0 Å². The van der Waals surface area contributed by atoms with Gasteiger partial charge in [0.05, 0.1) is 0 Å². The van der Waals surface area contributed by atoms with E-state index in [1.54, 1.807) is 0 Å². The van der Waals surface area contributed by atoms with Gasteiger partial charge >= 0.3 is 12.1 Å². The highest BCUT2D eigenvalue weighted by molar-refractivity contribution is 6.30. The van der Waals surface area contributed by atoms with Gasteiger partial charge in [0.25, 0.3) is 5.91 Å². The van der Waals surface area contributed by atoms with Crippen LogP contribution in [0.15, 0.2) is 29.3 Å². The zero-order valence-electron chi connectivity index (χ0n) is 17.3. The molecule has 3 aliphatic rings. The molecule has 1 aliphatic carbocycles. The number of benzene rings is 1. The van der Waals surface area contributed by atoms with Crippen molar-refractivity contribution in [3.05, 3.63) is 34.9 Å². The number of aliphatic imine (C=N–C) groups is 1. The largest absolute Gasteiger partial charge is 0.490 e. The van der Waals surface area contributed by atoms with Gasteiger partial charge < -0.3 is 5.11 Å². The first-order valence-corrected chi connectivity index (χ1v) is 10.5. The Kier molecular flexibility index (Phi) is 6.67. The highest BCUT2D eigenvalue weighted by atomic mass is 35.5. The zero-order valence-corrected chi connectivity index (χ0v) is 18.1. The van der Waals surface area contributed by atoms with Crippen LogP contribution in [0, 0.1) is 11.8 Å². The number of carbonyl (C=O) groups excluding carboxylic acids is 1. The zero-order chi connectivity index (χ0) is 23.0. The molecule has 0 radical (unpaired) electrons. The summed E-state index contributed by atoms with van der Waals surface area (Å²) in [7, 11) is 0. The summed E-state index contributed by atoms with van der Waals surface area (Å²) in [5.74, 6) is -0.659. The van der Waals surface area contributed by atoms with E-state index in [2.05, 4.69) is 17.0 Å². The summed E-state index contributed by atoms with van der Waals surface area (Å²) in [6.45, 7) is 7.70. The Labute approximate surface area is 183 Å². The van der Waals surface area contributed by atoms with E-state index < -0.39 is 17.7 Å². The van der Waals surface area contributed by atoms with E-state index in [4.69, 9.17) is 26.5 Å². The van der Waals surface area contributed by atoms with Crippen molar-refractivity contribution >= 4 is 29.3 Å². The first-order chi connectivity index (χ1) is 14.5. The third-order valence-electron chi connectivity index (χ3n) is 6.27. The first kappa shape index (κ1) is 23.5. The van der Waals surface area contributed by atoms with Crippen molar-refractivity contribution in [1.82, 2.24) is 9.80 Å². The fourth-order valence-electron chi connectivity index (χ4n) is 4.92. The van der Waals surface area contributed by atoms with Crippen molar-refractivity contribution in [3.8, 4) is 0 Å². The van der Waals surface area contributed by atoms with Gasteiger partial charge in [-0.25, -0.2) is 4.79 Å². The number of likely N-dealkylation sites (tertiary alicyclic amines) is 1. The van der Waals surface area contributed by atoms with Crippen molar-refractivity contribution in [2.75, 3.05) is 19.6 Å². The number of carboxylic acid groups (broad SMARTS) is 1. The van der Waals surface area contributed by atoms with Gasteiger partial charge in [-0.1, -0.05) is 23.7 Å². The third kappa shape index (κ3) is 4.72. The van der Waals surface area contributed by atoms with Gasteiger partial charge in [-0.3, -0.25) is 19.6 Å². The van der Waals surface area contributed by atoms with E-state index in [9.17, 15) is 18.0 Å². The van der Waals surface area contributed by atoms with E-state index in [-0.39, 0.29) is 5.91 Å². The Morgan fingerprint density at radius 2 is 1.90 bits per heavy atom. The second kappa shape index (κ2) is 8.78. The number of hydrogen-bond donors (Lipinski definition) is 1. The van der Waals surface area contributed by atoms with Gasteiger partial charge in [-0.2, -0.15) is 13.2 Å². The van der Waals surface area contributed by atoms with E-state index in [1.165, 1.54) is 5.56 Å².